The van der Waals surface area contributed by atoms with Crippen LogP contribution in [0.1, 0.15) is 21.5 Å². The van der Waals surface area contributed by atoms with Gasteiger partial charge in [-0.3, -0.25) is 9.69 Å². The number of anilines is 1. The lowest BCUT2D eigenvalue weighted by Crippen LogP contribution is -3.13. The molecular formula is C21H19N2O+. The normalized spacial score (nSPS) is 18.9. The molecule has 2 aliphatic heterocycles. The number of carbonyl (C=O) groups excluding carboxylic acids is 1. The molecule has 118 valence electrons. The smallest absolute Gasteiger partial charge is 0.263 e. The molecule has 1 amide bonds. The van der Waals surface area contributed by atoms with Gasteiger partial charge in [0.2, 0.25) is 0 Å². The Bertz CT molecular complexity index is 958. The molecule has 1 atom stereocenters. The highest BCUT2D eigenvalue weighted by atomic mass is 16.2. The maximum Gasteiger partial charge on any atom is 0.263 e. The Morgan fingerprint density at radius 2 is 1.71 bits per heavy atom. The quantitative estimate of drug-likeness (QED) is 0.772. The van der Waals surface area contributed by atoms with Gasteiger partial charge < -0.3 is 4.90 Å². The van der Waals surface area contributed by atoms with E-state index in [1.807, 2.05) is 23.1 Å². The average molecular weight is 315 g/mol. The van der Waals surface area contributed by atoms with Gasteiger partial charge in [-0.1, -0.05) is 48.5 Å². The fourth-order valence-electron chi connectivity index (χ4n) is 4.14. The molecule has 0 saturated heterocycles. The molecule has 0 fully saturated rings. The molecule has 5 rings (SSSR count). The zero-order valence-electron chi connectivity index (χ0n) is 13.5. The maximum absolute atomic E-state index is 12.9. The van der Waals surface area contributed by atoms with Gasteiger partial charge in [-0.15, -0.1) is 0 Å². The van der Waals surface area contributed by atoms with Crippen LogP contribution in [0, 0.1) is 0 Å². The van der Waals surface area contributed by atoms with Crippen LogP contribution in [-0.4, -0.2) is 19.1 Å². The number of hydrogen-bond acceptors (Lipinski definition) is 1. The van der Waals surface area contributed by atoms with Crippen molar-refractivity contribution in [3.8, 4) is 0 Å². The van der Waals surface area contributed by atoms with Crippen LogP contribution in [-0.2, 0) is 13.0 Å². The fourth-order valence-corrected chi connectivity index (χ4v) is 4.14. The second-order valence-electron chi connectivity index (χ2n) is 6.77. The third kappa shape index (κ3) is 1.98. The Morgan fingerprint density at radius 3 is 2.58 bits per heavy atom. The lowest BCUT2D eigenvalue weighted by molar-refractivity contribution is -0.914. The molecule has 24 heavy (non-hydrogen) atoms. The summed E-state index contributed by atoms with van der Waals surface area (Å²) in [5, 5.41) is 2.27. The Kier molecular flexibility index (Phi) is 2.97. The Morgan fingerprint density at radius 1 is 0.917 bits per heavy atom. The standard InChI is InChI=1S/C21H18N2O/c24-21-18-9-3-7-16-8-4-10-19(20(16)18)23(21)14-22-12-11-15-5-1-2-6-17(15)13-22/h1-10H,11-14H2/p+1. The number of fused-ring (bicyclic) bond motifs is 1. The van der Waals surface area contributed by atoms with E-state index in [0.717, 1.165) is 48.2 Å². The van der Waals surface area contributed by atoms with E-state index >= 15 is 0 Å². The van der Waals surface area contributed by atoms with E-state index in [9.17, 15) is 4.79 Å². The van der Waals surface area contributed by atoms with Crippen LogP contribution < -0.4 is 9.80 Å². The molecule has 1 N–H and O–H groups in total. The molecule has 2 aliphatic rings. The van der Waals surface area contributed by atoms with Crippen LogP contribution in [0.3, 0.4) is 0 Å². The minimum atomic E-state index is 0.146. The van der Waals surface area contributed by atoms with Crippen molar-refractivity contribution in [3.63, 3.8) is 0 Å². The van der Waals surface area contributed by atoms with Crippen LogP contribution >= 0.6 is 0 Å². The molecule has 0 aromatic heterocycles. The monoisotopic (exact) mass is 315 g/mol. The zero-order valence-corrected chi connectivity index (χ0v) is 13.5. The first kappa shape index (κ1) is 13.8. The molecule has 2 heterocycles. The molecule has 0 bridgehead atoms. The summed E-state index contributed by atoms with van der Waals surface area (Å²) in [5.41, 5.74) is 4.79. The van der Waals surface area contributed by atoms with Crippen LogP contribution in [0.25, 0.3) is 10.8 Å². The minimum absolute atomic E-state index is 0.146. The van der Waals surface area contributed by atoms with E-state index in [1.165, 1.54) is 16.0 Å². The van der Waals surface area contributed by atoms with Crippen molar-refractivity contribution in [1.82, 2.24) is 0 Å². The van der Waals surface area contributed by atoms with Gasteiger partial charge >= 0.3 is 0 Å². The molecule has 0 radical (unpaired) electrons. The van der Waals surface area contributed by atoms with E-state index < -0.39 is 0 Å². The van der Waals surface area contributed by atoms with Crippen LogP contribution in [0.5, 0.6) is 0 Å². The summed E-state index contributed by atoms with van der Waals surface area (Å²) in [6.07, 6.45) is 1.09. The van der Waals surface area contributed by atoms with Gasteiger partial charge in [-0.2, -0.15) is 0 Å². The fraction of sp³-hybridized carbons (Fsp3) is 0.190. The Labute approximate surface area is 141 Å². The second-order valence-corrected chi connectivity index (χ2v) is 6.77. The maximum atomic E-state index is 12.9. The summed E-state index contributed by atoms with van der Waals surface area (Å²) >= 11 is 0. The van der Waals surface area contributed by atoms with Gasteiger partial charge in [0.05, 0.1) is 17.8 Å². The largest absolute Gasteiger partial charge is 0.313 e. The summed E-state index contributed by atoms with van der Waals surface area (Å²) in [7, 11) is 0. The number of quaternary nitrogens is 1. The van der Waals surface area contributed by atoms with Crippen molar-refractivity contribution >= 4 is 22.4 Å². The number of nitrogens with one attached hydrogen (secondary N) is 1. The summed E-state index contributed by atoms with van der Waals surface area (Å²) in [5.74, 6) is 0.146. The molecule has 3 heteroatoms. The number of benzene rings is 3. The number of rotatable bonds is 2. The second kappa shape index (κ2) is 5.18. The minimum Gasteiger partial charge on any atom is -0.313 e. The molecule has 3 aromatic rings. The van der Waals surface area contributed by atoms with Crippen molar-refractivity contribution in [3.05, 3.63) is 77.4 Å². The van der Waals surface area contributed by atoms with Crippen molar-refractivity contribution in [1.29, 1.82) is 0 Å². The predicted octanol–water partition coefficient (Wildman–Crippen LogP) is 2.40. The first-order valence-electron chi connectivity index (χ1n) is 8.55. The van der Waals surface area contributed by atoms with Crippen LogP contribution in [0.15, 0.2) is 60.7 Å². The van der Waals surface area contributed by atoms with E-state index in [1.54, 1.807) is 0 Å². The van der Waals surface area contributed by atoms with Gasteiger partial charge in [0.25, 0.3) is 5.91 Å². The Balaban J connectivity index is 1.47. The molecule has 3 nitrogen and oxygen atoms in total. The lowest BCUT2D eigenvalue weighted by Gasteiger charge is -2.29. The van der Waals surface area contributed by atoms with Gasteiger partial charge in [0.15, 0.2) is 6.67 Å². The summed E-state index contributed by atoms with van der Waals surface area (Å²) < 4.78 is 0. The van der Waals surface area contributed by atoms with Crippen LogP contribution in [0.4, 0.5) is 5.69 Å². The lowest BCUT2D eigenvalue weighted by atomic mass is 10.0. The molecule has 0 spiro atoms. The number of hydrogen-bond donors (Lipinski definition) is 1. The SMILES string of the molecule is O=C1c2cccc3cccc(c23)N1C[NH+]1CCc2ccccc2C1. The third-order valence-corrected chi connectivity index (χ3v) is 5.34. The summed E-state index contributed by atoms with van der Waals surface area (Å²) in [4.78, 5) is 16.3. The first-order valence-corrected chi connectivity index (χ1v) is 8.55. The van der Waals surface area contributed by atoms with Gasteiger partial charge in [-0.25, -0.2) is 0 Å². The number of carbonyl (C=O) groups is 1. The first-order chi connectivity index (χ1) is 11.8. The van der Waals surface area contributed by atoms with E-state index in [2.05, 4.69) is 42.5 Å². The molecule has 0 aliphatic carbocycles. The highest BCUT2D eigenvalue weighted by Crippen LogP contribution is 2.36. The average Bonchev–Trinajstić information content (AvgIpc) is 2.90. The van der Waals surface area contributed by atoms with Crippen molar-refractivity contribution in [2.24, 2.45) is 0 Å². The van der Waals surface area contributed by atoms with Crippen molar-refractivity contribution in [2.75, 3.05) is 18.1 Å². The molecule has 1 unspecified atom stereocenters. The summed E-state index contributed by atoms with van der Waals surface area (Å²) in [6, 6.07) is 20.9. The van der Waals surface area contributed by atoms with Crippen LogP contribution in [0.2, 0.25) is 0 Å². The number of nitrogens with zero attached hydrogens (tertiary/aromatic N) is 1. The van der Waals surface area contributed by atoms with Gasteiger partial charge in [0, 0.05) is 17.4 Å². The van der Waals surface area contributed by atoms with Gasteiger partial charge in [0.1, 0.15) is 6.54 Å². The van der Waals surface area contributed by atoms with E-state index in [4.69, 9.17) is 0 Å². The van der Waals surface area contributed by atoms with Crippen molar-refractivity contribution in [2.45, 2.75) is 13.0 Å². The highest BCUT2D eigenvalue weighted by molar-refractivity contribution is 6.24. The molecule has 3 aromatic carbocycles. The topological polar surface area (TPSA) is 24.8 Å². The highest BCUT2D eigenvalue weighted by Gasteiger charge is 2.33. The third-order valence-electron chi connectivity index (χ3n) is 5.34. The Hall–Kier alpha value is -2.65. The predicted molar refractivity (Wildman–Crippen MR) is 95.3 cm³/mol. The number of amides is 1. The zero-order chi connectivity index (χ0) is 16.1. The van der Waals surface area contributed by atoms with Gasteiger partial charge in [-0.05, 0) is 23.1 Å². The van der Waals surface area contributed by atoms with E-state index in [0.29, 0.717) is 0 Å². The van der Waals surface area contributed by atoms with Crippen molar-refractivity contribution < 1.29 is 9.69 Å². The van der Waals surface area contributed by atoms with E-state index in [-0.39, 0.29) is 5.91 Å². The molecule has 0 saturated carbocycles. The summed E-state index contributed by atoms with van der Waals surface area (Å²) in [6.45, 7) is 2.81. The molecular weight excluding hydrogens is 296 g/mol.